The van der Waals surface area contributed by atoms with E-state index in [0.29, 0.717) is 6.04 Å². The molecule has 0 N–H and O–H groups in total. The molecule has 1 saturated carbocycles. The number of hydrogen-bond donors (Lipinski definition) is 0. The van der Waals surface area contributed by atoms with E-state index < -0.39 is 0 Å². The molecule has 3 fully saturated rings. The molecule has 21 heavy (non-hydrogen) atoms. The van der Waals surface area contributed by atoms with E-state index in [1.54, 1.807) is 0 Å². The standard InChI is InChI=1S/C18H23NO2/c20-18(17-11-19-10-2-5-16(19)12-21-17)15-8-6-14(7-9-15)13-3-1-4-13/h6-9,13,16-17H,1-5,10-12H2. The lowest BCUT2D eigenvalue weighted by Gasteiger charge is -2.34. The first kappa shape index (κ1) is 13.5. The molecule has 0 radical (unpaired) electrons. The molecule has 3 aliphatic rings. The molecule has 2 saturated heterocycles. The second kappa shape index (κ2) is 5.54. The van der Waals surface area contributed by atoms with Crippen molar-refractivity contribution >= 4 is 5.78 Å². The fraction of sp³-hybridized carbons (Fsp3) is 0.611. The Labute approximate surface area is 126 Å². The van der Waals surface area contributed by atoms with Crippen LogP contribution >= 0.6 is 0 Å². The Bertz CT molecular complexity index is 521. The van der Waals surface area contributed by atoms with Gasteiger partial charge in [-0.1, -0.05) is 30.7 Å². The monoisotopic (exact) mass is 285 g/mol. The van der Waals surface area contributed by atoms with Gasteiger partial charge in [-0.15, -0.1) is 0 Å². The van der Waals surface area contributed by atoms with Crippen molar-refractivity contribution in [3.63, 3.8) is 0 Å². The lowest BCUT2D eigenvalue weighted by molar-refractivity contribution is -0.0344. The zero-order valence-corrected chi connectivity index (χ0v) is 12.5. The van der Waals surface area contributed by atoms with Gasteiger partial charge >= 0.3 is 0 Å². The van der Waals surface area contributed by atoms with Crippen molar-refractivity contribution in [1.82, 2.24) is 4.90 Å². The average Bonchev–Trinajstić information content (AvgIpc) is 2.93. The van der Waals surface area contributed by atoms with Crippen LogP contribution in [0.15, 0.2) is 24.3 Å². The first-order valence-electron chi connectivity index (χ1n) is 8.31. The molecule has 0 amide bonds. The number of morpholine rings is 1. The summed E-state index contributed by atoms with van der Waals surface area (Å²) >= 11 is 0. The van der Waals surface area contributed by atoms with Gasteiger partial charge in [0.15, 0.2) is 5.78 Å². The summed E-state index contributed by atoms with van der Waals surface area (Å²) in [4.78, 5) is 15.0. The van der Waals surface area contributed by atoms with Gasteiger partial charge < -0.3 is 4.74 Å². The Hall–Kier alpha value is -1.19. The highest BCUT2D eigenvalue weighted by Crippen LogP contribution is 2.36. The van der Waals surface area contributed by atoms with Crippen molar-refractivity contribution in [1.29, 1.82) is 0 Å². The van der Waals surface area contributed by atoms with Crippen LogP contribution in [0.4, 0.5) is 0 Å². The molecular weight excluding hydrogens is 262 g/mol. The minimum absolute atomic E-state index is 0.153. The molecule has 2 atom stereocenters. The van der Waals surface area contributed by atoms with Gasteiger partial charge in [0.05, 0.1) is 6.61 Å². The van der Waals surface area contributed by atoms with Gasteiger partial charge in [0.1, 0.15) is 6.10 Å². The van der Waals surface area contributed by atoms with E-state index in [4.69, 9.17) is 4.74 Å². The predicted octanol–water partition coefficient (Wildman–Crippen LogP) is 3.00. The SMILES string of the molecule is O=C(c1ccc(C2CCC2)cc1)C1CN2CCCC2CO1. The fourth-order valence-corrected chi connectivity index (χ4v) is 3.82. The fourth-order valence-electron chi connectivity index (χ4n) is 3.82. The highest BCUT2D eigenvalue weighted by molar-refractivity contribution is 5.99. The summed E-state index contributed by atoms with van der Waals surface area (Å²) in [7, 11) is 0. The summed E-state index contributed by atoms with van der Waals surface area (Å²) in [5.74, 6) is 0.881. The Kier molecular flexibility index (Phi) is 3.56. The van der Waals surface area contributed by atoms with Crippen molar-refractivity contribution in [2.75, 3.05) is 19.7 Å². The number of ether oxygens (including phenoxy) is 1. The first-order chi connectivity index (χ1) is 10.3. The summed E-state index contributed by atoms with van der Waals surface area (Å²) in [6.07, 6.45) is 6.14. The van der Waals surface area contributed by atoms with E-state index in [1.165, 1.54) is 37.7 Å². The van der Waals surface area contributed by atoms with Crippen molar-refractivity contribution < 1.29 is 9.53 Å². The predicted molar refractivity (Wildman–Crippen MR) is 81.7 cm³/mol. The van der Waals surface area contributed by atoms with Crippen molar-refractivity contribution in [2.45, 2.75) is 50.2 Å². The van der Waals surface area contributed by atoms with Gasteiger partial charge in [0, 0.05) is 18.2 Å². The number of carbonyl (C=O) groups is 1. The number of benzene rings is 1. The third-order valence-corrected chi connectivity index (χ3v) is 5.45. The number of rotatable bonds is 3. The van der Waals surface area contributed by atoms with Crippen molar-refractivity contribution in [3.8, 4) is 0 Å². The lowest BCUT2D eigenvalue weighted by Crippen LogP contribution is -2.49. The van der Waals surface area contributed by atoms with E-state index in [9.17, 15) is 4.79 Å². The molecule has 1 aromatic carbocycles. The number of Topliss-reactive ketones (excluding diaryl/α,β-unsaturated/α-hetero) is 1. The molecular formula is C18H23NO2. The van der Waals surface area contributed by atoms with Gasteiger partial charge in [-0.3, -0.25) is 9.69 Å². The van der Waals surface area contributed by atoms with Crippen LogP contribution < -0.4 is 0 Å². The average molecular weight is 285 g/mol. The molecule has 3 nitrogen and oxygen atoms in total. The minimum atomic E-state index is -0.270. The van der Waals surface area contributed by atoms with Crippen LogP contribution in [0.5, 0.6) is 0 Å². The van der Waals surface area contributed by atoms with Gasteiger partial charge in [-0.05, 0) is 43.7 Å². The molecule has 112 valence electrons. The largest absolute Gasteiger partial charge is 0.367 e. The summed E-state index contributed by atoms with van der Waals surface area (Å²) in [6, 6.07) is 8.82. The highest BCUT2D eigenvalue weighted by atomic mass is 16.5. The lowest BCUT2D eigenvalue weighted by atomic mass is 9.80. The van der Waals surface area contributed by atoms with E-state index in [0.717, 1.165) is 31.2 Å². The Morgan fingerprint density at radius 1 is 1.10 bits per heavy atom. The smallest absolute Gasteiger partial charge is 0.192 e. The second-order valence-corrected chi connectivity index (χ2v) is 6.73. The molecule has 0 spiro atoms. The third-order valence-electron chi connectivity index (χ3n) is 5.45. The molecule has 3 heteroatoms. The maximum absolute atomic E-state index is 12.6. The number of fused-ring (bicyclic) bond motifs is 1. The number of carbonyl (C=O) groups excluding carboxylic acids is 1. The van der Waals surface area contributed by atoms with Crippen LogP contribution in [0.3, 0.4) is 0 Å². The van der Waals surface area contributed by atoms with Gasteiger partial charge in [0.25, 0.3) is 0 Å². The van der Waals surface area contributed by atoms with Crippen LogP contribution in [0.2, 0.25) is 0 Å². The van der Waals surface area contributed by atoms with Crippen LogP contribution in [0.1, 0.15) is 53.9 Å². The number of nitrogens with zero attached hydrogens (tertiary/aromatic N) is 1. The summed E-state index contributed by atoms with van der Waals surface area (Å²) in [6.45, 7) is 2.61. The first-order valence-corrected chi connectivity index (χ1v) is 8.31. The van der Waals surface area contributed by atoms with E-state index in [-0.39, 0.29) is 11.9 Å². The molecule has 0 bridgehead atoms. The van der Waals surface area contributed by atoms with Gasteiger partial charge in [-0.25, -0.2) is 0 Å². The van der Waals surface area contributed by atoms with Crippen LogP contribution in [0, 0.1) is 0 Å². The van der Waals surface area contributed by atoms with Crippen LogP contribution in [-0.2, 0) is 4.74 Å². The zero-order chi connectivity index (χ0) is 14.2. The normalized spacial score (nSPS) is 29.9. The zero-order valence-electron chi connectivity index (χ0n) is 12.5. The number of hydrogen-bond acceptors (Lipinski definition) is 3. The van der Waals surface area contributed by atoms with E-state index in [1.807, 2.05) is 12.1 Å². The molecule has 2 aliphatic heterocycles. The van der Waals surface area contributed by atoms with Crippen molar-refractivity contribution in [2.24, 2.45) is 0 Å². The number of ketones is 1. The second-order valence-electron chi connectivity index (χ2n) is 6.73. The highest BCUT2D eigenvalue weighted by Gasteiger charge is 2.35. The topological polar surface area (TPSA) is 29.5 Å². The van der Waals surface area contributed by atoms with E-state index >= 15 is 0 Å². The van der Waals surface area contributed by atoms with Crippen LogP contribution in [-0.4, -0.2) is 42.5 Å². The van der Waals surface area contributed by atoms with Gasteiger partial charge in [-0.2, -0.15) is 0 Å². The van der Waals surface area contributed by atoms with Crippen LogP contribution in [0.25, 0.3) is 0 Å². The quantitative estimate of drug-likeness (QED) is 0.800. The summed E-state index contributed by atoms with van der Waals surface area (Å²) < 4.78 is 5.83. The van der Waals surface area contributed by atoms with Crippen molar-refractivity contribution in [3.05, 3.63) is 35.4 Å². The summed E-state index contributed by atoms with van der Waals surface area (Å²) in [5.41, 5.74) is 2.20. The third kappa shape index (κ3) is 2.53. The Morgan fingerprint density at radius 3 is 2.62 bits per heavy atom. The van der Waals surface area contributed by atoms with Gasteiger partial charge in [0.2, 0.25) is 0 Å². The minimum Gasteiger partial charge on any atom is -0.367 e. The summed E-state index contributed by atoms with van der Waals surface area (Å²) in [5, 5.41) is 0. The molecule has 1 aliphatic carbocycles. The molecule has 0 aromatic heterocycles. The molecule has 1 aromatic rings. The molecule has 4 rings (SSSR count). The Morgan fingerprint density at radius 2 is 1.90 bits per heavy atom. The Balaban J connectivity index is 1.44. The van der Waals surface area contributed by atoms with E-state index in [2.05, 4.69) is 17.0 Å². The molecule has 2 heterocycles. The maximum Gasteiger partial charge on any atom is 0.192 e. The molecule has 2 unspecified atom stereocenters. The maximum atomic E-state index is 12.6.